The standard InChI is InChI=1S/C17H18N4/c18-9-13-4-1-2-5-14(13)11-20-17-15(10-19)8-12-6-3-7-16(12)21-17/h1-2,4-5,8H,3,6-7,9,11,18H2,(H,20,21). The van der Waals surface area contributed by atoms with Gasteiger partial charge in [-0.05, 0) is 42.0 Å². The Hall–Kier alpha value is -2.38. The normalized spacial score (nSPS) is 12.8. The smallest absolute Gasteiger partial charge is 0.144 e. The molecule has 1 aliphatic rings. The summed E-state index contributed by atoms with van der Waals surface area (Å²) in [5.74, 6) is 0.685. The first kappa shape index (κ1) is 13.6. The van der Waals surface area contributed by atoms with Gasteiger partial charge in [-0.15, -0.1) is 0 Å². The number of nitrogens with two attached hydrogens (primary N) is 1. The number of aryl methyl sites for hydroxylation is 2. The molecule has 0 radical (unpaired) electrons. The second-order valence-electron chi connectivity index (χ2n) is 5.28. The Bertz CT molecular complexity index is 700. The number of hydrogen-bond donors (Lipinski definition) is 2. The van der Waals surface area contributed by atoms with Crippen molar-refractivity contribution in [1.29, 1.82) is 5.26 Å². The van der Waals surface area contributed by atoms with E-state index in [1.54, 1.807) is 0 Å². The van der Waals surface area contributed by atoms with E-state index in [2.05, 4.69) is 22.4 Å². The van der Waals surface area contributed by atoms with E-state index in [9.17, 15) is 5.26 Å². The van der Waals surface area contributed by atoms with Crippen LogP contribution in [0.4, 0.5) is 5.82 Å². The molecule has 0 fully saturated rings. The van der Waals surface area contributed by atoms with Crippen molar-refractivity contribution in [2.24, 2.45) is 5.73 Å². The molecule has 0 amide bonds. The van der Waals surface area contributed by atoms with E-state index in [1.165, 1.54) is 5.56 Å². The molecule has 0 atom stereocenters. The molecule has 0 saturated carbocycles. The van der Waals surface area contributed by atoms with Gasteiger partial charge in [0.2, 0.25) is 0 Å². The summed E-state index contributed by atoms with van der Waals surface area (Å²) in [6.07, 6.45) is 3.18. The first-order valence-corrected chi connectivity index (χ1v) is 7.25. The van der Waals surface area contributed by atoms with E-state index < -0.39 is 0 Å². The van der Waals surface area contributed by atoms with Crippen LogP contribution in [0.25, 0.3) is 0 Å². The summed E-state index contributed by atoms with van der Waals surface area (Å²) in [4.78, 5) is 4.63. The highest BCUT2D eigenvalue weighted by molar-refractivity contribution is 5.55. The van der Waals surface area contributed by atoms with Gasteiger partial charge in [-0.2, -0.15) is 5.26 Å². The van der Waals surface area contributed by atoms with Crippen molar-refractivity contribution in [2.45, 2.75) is 32.4 Å². The van der Waals surface area contributed by atoms with E-state index in [0.717, 1.165) is 36.1 Å². The summed E-state index contributed by atoms with van der Waals surface area (Å²) in [6.45, 7) is 1.15. The van der Waals surface area contributed by atoms with Gasteiger partial charge in [-0.1, -0.05) is 24.3 Å². The summed E-state index contributed by atoms with van der Waals surface area (Å²) in [6, 6.07) is 12.3. The summed E-state index contributed by atoms with van der Waals surface area (Å²) >= 11 is 0. The molecule has 3 N–H and O–H groups in total. The number of rotatable bonds is 4. The molecule has 1 aromatic carbocycles. The molecule has 106 valence electrons. The van der Waals surface area contributed by atoms with Crippen molar-refractivity contribution < 1.29 is 0 Å². The van der Waals surface area contributed by atoms with E-state index >= 15 is 0 Å². The molecular formula is C17H18N4. The zero-order chi connectivity index (χ0) is 14.7. The first-order chi connectivity index (χ1) is 10.3. The van der Waals surface area contributed by atoms with Crippen LogP contribution in [0.2, 0.25) is 0 Å². The fourth-order valence-electron chi connectivity index (χ4n) is 2.80. The molecule has 0 unspecified atom stereocenters. The Morgan fingerprint density at radius 1 is 1.24 bits per heavy atom. The maximum atomic E-state index is 9.30. The molecule has 4 nitrogen and oxygen atoms in total. The predicted octanol–water partition coefficient (Wildman–Crippen LogP) is 2.51. The number of aromatic nitrogens is 1. The monoisotopic (exact) mass is 278 g/mol. The van der Waals surface area contributed by atoms with Crippen molar-refractivity contribution in [3.63, 3.8) is 0 Å². The van der Waals surface area contributed by atoms with Gasteiger partial charge in [0, 0.05) is 18.8 Å². The third-order valence-electron chi connectivity index (χ3n) is 3.96. The highest BCUT2D eigenvalue weighted by Gasteiger charge is 2.16. The zero-order valence-electron chi connectivity index (χ0n) is 11.9. The minimum Gasteiger partial charge on any atom is -0.365 e. The van der Waals surface area contributed by atoms with E-state index in [4.69, 9.17) is 5.73 Å². The highest BCUT2D eigenvalue weighted by atomic mass is 15.0. The maximum Gasteiger partial charge on any atom is 0.144 e. The van der Waals surface area contributed by atoms with Crippen LogP contribution in [0.1, 0.15) is 34.4 Å². The lowest BCUT2D eigenvalue weighted by Gasteiger charge is -2.12. The number of nitrogens with zero attached hydrogens (tertiary/aromatic N) is 2. The molecule has 3 rings (SSSR count). The Labute approximate surface area is 124 Å². The maximum absolute atomic E-state index is 9.30. The number of nitriles is 1. The van der Waals surface area contributed by atoms with Crippen molar-refractivity contribution in [2.75, 3.05) is 5.32 Å². The molecule has 1 heterocycles. The fraction of sp³-hybridized carbons (Fsp3) is 0.294. The molecule has 0 saturated heterocycles. The predicted molar refractivity (Wildman–Crippen MR) is 82.6 cm³/mol. The average Bonchev–Trinajstić information content (AvgIpc) is 2.99. The van der Waals surface area contributed by atoms with Crippen molar-refractivity contribution in [3.8, 4) is 6.07 Å². The van der Waals surface area contributed by atoms with Crippen LogP contribution in [0.5, 0.6) is 0 Å². The van der Waals surface area contributed by atoms with Gasteiger partial charge in [-0.25, -0.2) is 4.98 Å². The Morgan fingerprint density at radius 3 is 2.81 bits per heavy atom. The van der Waals surface area contributed by atoms with Crippen LogP contribution in [0.3, 0.4) is 0 Å². The van der Waals surface area contributed by atoms with Gasteiger partial charge in [0.1, 0.15) is 11.9 Å². The zero-order valence-corrected chi connectivity index (χ0v) is 11.9. The molecule has 1 aromatic heterocycles. The fourth-order valence-corrected chi connectivity index (χ4v) is 2.80. The van der Waals surface area contributed by atoms with Gasteiger partial charge in [-0.3, -0.25) is 0 Å². The quantitative estimate of drug-likeness (QED) is 0.901. The average molecular weight is 278 g/mol. The minimum atomic E-state index is 0.514. The Kier molecular flexibility index (Phi) is 3.85. The van der Waals surface area contributed by atoms with E-state index in [0.29, 0.717) is 24.5 Å². The number of hydrogen-bond acceptors (Lipinski definition) is 4. The summed E-state index contributed by atoms with van der Waals surface area (Å²) < 4.78 is 0. The van der Waals surface area contributed by atoms with Crippen LogP contribution in [-0.2, 0) is 25.9 Å². The Balaban J connectivity index is 1.84. The number of benzene rings is 1. The molecule has 0 bridgehead atoms. The van der Waals surface area contributed by atoms with Crippen LogP contribution >= 0.6 is 0 Å². The van der Waals surface area contributed by atoms with Crippen molar-refractivity contribution >= 4 is 5.82 Å². The van der Waals surface area contributed by atoms with Gasteiger partial charge >= 0.3 is 0 Å². The minimum absolute atomic E-state index is 0.514. The first-order valence-electron chi connectivity index (χ1n) is 7.25. The van der Waals surface area contributed by atoms with Crippen molar-refractivity contribution in [1.82, 2.24) is 4.98 Å². The van der Waals surface area contributed by atoms with Crippen LogP contribution in [0.15, 0.2) is 30.3 Å². The third-order valence-corrected chi connectivity index (χ3v) is 3.96. The molecule has 21 heavy (non-hydrogen) atoms. The van der Waals surface area contributed by atoms with Gasteiger partial charge in [0.05, 0.1) is 5.56 Å². The number of anilines is 1. The molecule has 1 aliphatic carbocycles. The molecule has 4 heteroatoms. The summed E-state index contributed by atoms with van der Waals surface area (Å²) in [5.41, 5.74) is 11.0. The van der Waals surface area contributed by atoms with Crippen LogP contribution in [-0.4, -0.2) is 4.98 Å². The number of nitrogens with one attached hydrogen (secondary N) is 1. The SMILES string of the molecule is N#Cc1cc2c(nc1NCc1ccccc1CN)CCC2. The molecule has 0 aliphatic heterocycles. The second kappa shape index (κ2) is 5.94. The van der Waals surface area contributed by atoms with E-state index in [-0.39, 0.29) is 0 Å². The lowest BCUT2D eigenvalue weighted by molar-refractivity contribution is 0.898. The van der Waals surface area contributed by atoms with Crippen LogP contribution in [0, 0.1) is 11.3 Å². The topological polar surface area (TPSA) is 74.7 Å². The third kappa shape index (κ3) is 2.74. The summed E-state index contributed by atoms with van der Waals surface area (Å²) in [5, 5.41) is 12.6. The summed E-state index contributed by atoms with van der Waals surface area (Å²) in [7, 11) is 0. The molecule has 2 aromatic rings. The number of fused-ring (bicyclic) bond motifs is 1. The number of pyridine rings is 1. The van der Waals surface area contributed by atoms with Crippen LogP contribution < -0.4 is 11.1 Å². The van der Waals surface area contributed by atoms with E-state index in [1.807, 2.05) is 24.3 Å². The Morgan fingerprint density at radius 2 is 2.05 bits per heavy atom. The van der Waals surface area contributed by atoms with Gasteiger partial charge in [0.25, 0.3) is 0 Å². The lowest BCUT2D eigenvalue weighted by Crippen LogP contribution is -2.09. The van der Waals surface area contributed by atoms with Gasteiger partial charge < -0.3 is 11.1 Å². The lowest BCUT2D eigenvalue weighted by atomic mass is 10.1. The highest BCUT2D eigenvalue weighted by Crippen LogP contribution is 2.25. The largest absolute Gasteiger partial charge is 0.365 e. The van der Waals surface area contributed by atoms with Gasteiger partial charge in [0.15, 0.2) is 0 Å². The molecular weight excluding hydrogens is 260 g/mol. The molecule has 0 spiro atoms. The second-order valence-corrected chi connectivity index (χ2v) is 5.28. The van der Waals surface area contributed by atoms with Crippen molar-refractivity contribution in [3.05, 3.63) is 58.3 Å².